The van der Waals surface area contributed by atoms with Crippen molar-refractivity contribution in [3.63, 3.8) is 0 Å². The number of nitrogens with zero attached hydrogens (tertiary/aromatic N) is 4. The Labute approximate surface area is 215 Å². The predicted octanol–water partition coefficient (Wildman–Crippen LogP) is 4.61. The Hall–Kier alpha value is -3.16. The van der Waals surface area contributed by atoms with Crippen molar-refractivity contribution < 1.29 is 8.42 Å². The zero-order chi connectivity index (χ0) is 23.6. The van der Waals surface area contributed by atoms with Crippen LogP contribution in [0.2, 0.25) is 0 Å². The highest BCUT2D eigenvalue weighted by Crippen LogP contribution is 2.38. The predicted molar refractivity (Wildman–Crippen MR) is 139 cm³/mol. The van der Waals surface area contributed by atoms with Crippen molar-refractivity contribution in [3.8, 4) is 6.07 Å². The molecule has 1 aliphatic rings. The number of aromatic amines is 1. The van der Waals surface area contributed by atoms with E-state index in [4.69, 9.17) is 0 Å². The maximum atomic E-state index is 13.9. The third-order valence-corrected chi connectivity index (χ3v) is 9.36. The number of thiophene rings is 1. The zero-order valence-corrected chi connectivity index (χ0v) is 21.2. The van der Waals surface area contributed by atoms with Gasteiger partial charge in [0, 0.05) is 24.8 Å². The number of H-pyrrole nitrogens is 1. The van der Waals surface area contributed by atoms with Gasteiger partial charge in [0.1, 0.15) is 9.75 Å². The summed E-state index contributed by atoms with van der Waals surface area (Å²) in [6.45, 7) is 0.789. The lowest BCUT2D eigenvalue weighted by molar-refractivity contribution is 0.248. The van der Waals surface area contributed by atoms with Gasteiger partial charge in [-0.05, 0) is 28.6 Å². The number of anilines is 1. The van der Waals surface area contributed by atoms with Gasteiger partial charge >= 0.3 is 0 Å². The van der Waals surface area contributed by atoms with Crippen molar-refractivity contribution in [1.29, 1.82) is 5.26 Å². The van der Waals surface area contributed by atoms with Gasteiger partial charge in [-0.2, -0.15) is 9.57 Å². The monoisotopic (exact) mass is 525 g/mol. The first kappa shape index (κ1) is 24.9. The van der Waals surface area contributed by atoms with Crippen molar-refractivity contribution in [2.45, 2.75) is 29.3 Å². The van der Waals surface area contributed by atoms with Crippen molar-refractivity contribution in [3.05, 3.63) is 101 Å². The standard InChI is InChI=1S/C25H23N5O2S2.ClH/c26-17-25(13-20-7-2-1-3-8-20)18-29(16-22-14-27-19-28-22)23-10-5-4-9-21(23)15-30(25)34(31,32)24-11-6-12-33-24;/h1-12,14,19H,13,15-16,18H2,(H,27,28);1H. The van der Waals surface area contributed by atoms with Crippen LogP contribution in [-0.4, -0.2) is 34.8 Å². The zero-order valence-electron chi connectivity index (χ0n) is 18.7. The van der Waals surface area contributed by atoms with Crippen LogP contribution in [0.15, 0.2) is 88.8 Å². The number of para-hydroxylation sites is 1. The van der Waals surface area contributed by atoms with Crippen LogP contribution in [0.1, 0.15) is 16.8 Å². The van der Waals surface area contributed by atoms with Crippen LogP contribution in [0.4, 0.5) is 5.69 Å². The van der Waals surface area contributed by atoms with Crippen LogP contribution in [0.25, 0.3) is 0 Å². The van der Waals surface area contributed by atoms with Gasteiger partial charge in [0.2, 0.25) is 0 Å². The molecule has 2 aromatic heterocycles. The molecule has 3 heterocycles. The number of hydrogen-bond donors (Lipinski definition) is 1. The third kappa shape index (κ3) is 4.83. The van der Waals surface area contributed by atoms with Gasteiger partial charge in [-0.25, -0.2) is 13.4 Å². The number of nitrogens with one attached hydrogen (secondary N) is 1. The quantitative estimate of drug-likeness (QED) is 0.397. The number of halogens is 1. The van der Waals surface area contributed by atoms with E-state index in [1.165, 1.54) is 15.6 Å². The molecular formula is C25H24ClN5O2S2. The second kappa shape index (κ2) is 10.2. The molecule has 1 atom stereocenters. The molecule has 1 aliphatic heterocycles. The van der Waals surface area contributed by atoms with Gasteiger partial charge in [-0.3, -0.25) is 0 Å². The number of fused-ring (bicyclic) bond motifs is 1. The van der Waals surface area contributed by atoms with Gasteiger partial charge < -0.3 is 9.88 Å². The van der Waals surface area contributed by atoms with E-state index >= 15 is 0 Å². The third-order valence-electron chi connectivity index (χ3n) is 6.08. The average molecular weight is 526 g/mol. The van der Waals surface area contributed by atoms with Gasteiger partial charge in [-0.1, -0.05) is 54.6 Å². The fraction of sp³-hybridized carbons (Fsp3) is 0.200. The Morgan fingerprint density at radius 3 is 2.54 bits per heavy atom. The highest BCUT2D eigenvalue weighted by atomic mass is 35.5. The summed E-state index contributed by atoms with van der Waals surface area (Å²) in [5.74, 6) is 0. The molecular weight excluding hydrogens is 502 g/mol. The Kier molecular flexibility index (Phi) is 7.28. The molecule has 180 valence electrons. The van der Waals surface area contributed by atoms with Crippen LogP contribution in [0.5, 0.6) is 0 Å². The maximum absolute atomic E-state index is 13.9. The summed E-state index contributed by atoms with van der Waals surface area (Å²) in [6, 6.07) is 23.1. The summed E-state index contributed by atoms with van der Waals surface area (Å²) >= 11 is 1.17. The highest BCUT2D eigenvalue weighted by molar-refractivity contribution is 7.91. The highest BCUT2D eigenvalue weighted by Gasteiger charge is 2.48. The van der Waals surface area contributed by atoms with E-state index in [-0.39, 0.29) is 36.1 Å². The maximum Gasteiger partial charge on any atom is 0.254 e. The molecule has 0 saturated carbocycles. The molecule has 2 aromatic carbocycles. The number of sulfonamides is 1. The van der Waals surface area contributed by atoms with Crippen molar-refractivity contribution >= 4 is 39.5 Å². The minimum absolute atomic E-state index is 0. The van der Waals surface area contributed by atoms with Crippen LogP contribution in [0, 0.1) is 11.3 Å². The van der Waals surface area contributed by atoms with Crippen LogP contribution in [0.3, 0.4) is 0 Å². The molecule has 7 nitrogen and oxygen atoms in total. The van der Waals surface area contributed by atoms with E-state index in [1.54, 1.807) is 30.0 Å². The van der Waals surface area contributed by atoms with E-state index in [1.807, 2.05) is 54.6 Å². The second-order valence-electron chi connectivity index (χ2n) is 8.31. The van der Waals surface area contributed by atoms with Gasteiger partial charge in [-0.15, -0.1) is 23.7 Å². The lowest BCUT2D eigenvalue weighted by Crippen LogP contribution is -2.56. The van der Waals surface area contributed by atoms with Crippen LogP contribution >= 0.6 is 23.7 Å². The van der Waals surface area contributed by atoms with Gasteiger partial charge in [0.05, 0.1) is 31.2 Å². The Balaban J connectivity index is 0.00000289. The summed E-state index contributed by atoms with van der Waals surface area (Å²) in [5, 5.41) is 12.4. The fourth-order valence-electron chi connectivity index (χ4n) is 4.50. The summed E-state index contributed by atoms with van der Waals surface area (Å²) in [6.07, 6.45) is 3.63. The number of aromatic nitrogens is 2. The van der Waals surface area contributed by atoms with E-state index in [2.05, 4.69) is 20.9 Å². The van der Waals surface area contributed by atoms with Crippen molar-refractivity contribution in [1.82, 2.24) is 14.3 Å². The summed E-state index contributed by atoms with van der Waals surface area (Å²) in [7, 11) is -3.93. The number of benzene rings is 2. The number of rotatable bonds is 6. The average Bonchev–Trinajstić information content (AvgIpc) is 3.55. The van der Waals surface area contributed by atoms with E-state index < -0.39 is 15.6 Å². The summed E-state index contributed by atoms with van der Waals surface area (Å²) < 4.78 is 29.5. The largest absolute Gasteiger partial charge is 0.362 e. The first-order valence-electron chi connectivity index (χ1n) is 10.8. The van der Waals surface area contributed by atoms with Crippen LogP contribution in [-0.2, 0) is 29.5 Å². The molecule has 5 rings (SSSR count). The van der Waals surface area contributed by atoms with E-state index in [0.717, 1.165) is 22.5 Å². The normalized spacial score (nSPS) is 18.2. The van der Waals surface area contributed by atoms with E-state index in [0.29, 0.717) is 6.54 Å². The smallest absolute Gasteiger partial charge is 0.254 e. The molecule has 0 bridgehead atoms. The number of imidazole rings is 1. The molecule has 0 radical (unpaired) electrons. The molecule has 4 aromatic rings. The molecule has 0 aliphatic carbocycles. The summed E-state index contributed by atoms with van der Waals surface area (Å²) in [4.78, 5) is 9.34. The van der Waals surface area contributed by atoms with Crippen LogP contribution < -0.4 is 4.90 Å². The molecule has 0 saturated heterocycles. The summed E-state index contributed by atoms with van der Waals surface area (Å²) in [5.41, 5.74) is 2.23. The minimum Gasteiger partial charge on any atom is -0.362 e. The number of hydrogen-bond acceptors (Lipinski definition) is 6. The Morgan fingerprint density at radius 1 is 1.09 bits per heavy atom. The molecule has 1 N–H and O–H groups in total. The SMILES string of the molecule is Cl.N#CC1(Cc2ccccc2)CN(Cc2cnc[nH]2)c2ccccc2CN1S(=O)(=O)c1cccs1. The van der Waals surface area contributed by atoms with Crippen molar-refractivity contribution in [2.24, 2.45) is 0 Å². The molecule has 35 heavy (non-hydrogen) atoms. The topological polar surface area (TPSA) is 93.1 Å². The number of nitriles is 1. The van der Waals surface area contributed by atoms with E-state index in [9.17, 15) is 13.7 Å². The Morgan fingerprint density at radius 2 is 1.86 bits per heavy atom. The minimum atomic E-state index is -3.93. The van der Waals surface area contributed by atoms with Gasteiger partial charge in [0.15, 0.2) is 0 Å². The first-order chi connectivity index (χ1) is 16.5. The molecule has 0 amide bonds. The first-order valence-corrected chi connectivity index (χ1v) is 13.2. The molecule has 1 unspecified atom stereocenters. The van der Waals surface area contributed by atoms with Gasteiger partial charge in [0.25, 0.3) is 10.0 Å². The lowest BCUT2D eigenvalue weighted by Gasteiger charge is -2.38. The second-order valence-corrected chi connectivity index (χ2v) is 11.3. The molecule has 10 heteroatoms. The fourth-order valence-corrected chi connectivity index (χ4v) is 7.27. The lowest BCUT2D eigenvalue weighted by atomic mass is 9.91. The molecule has 0 fully saturated rings. The molecule has 0 spiro atoms. The van der Waals surface area contributed by atoms with Crippen molar-refractivity contribution in [2.75, 3.05) is 11.4 Å². The Bertz CT molecular complexity index is 1400.